The zero-order valence-electron chi connectivity index (χ0n) is 23.9. The molecule has 0 saturated carbocycles. The summed E-state index contributed by atoms with van der Waals surface area (Å²) in [4.78, 5) is 18.3. The summed E-state index contributed by atoms with van der Waals surface area (Å²) in [6.07, 6.45) is 0. The van der Waals surface area contributed by atoms with Crippen LogP contribution in [0.15, 0.2) is 137 Å². The van der Waals surface area contributed by atoms with Crippen LogP contribution in [0.5, 0.6) is 0 Å². The molecule has 0 saturated heterocycles. The van der Waals surface area contributed by atoms with Crippen LogP contribution in [0.25, 0.3) is 72.0 Å². The molecule has 0 unspecified atom stereocenters. The first-order chi connectivity index (χ1) is 21.0. The van der Waals surface area contributed by atoms with E-state index in [1.54, 1.807) is 0 Å². The zero-order valence-corrected chi connectivity index (χ0v) is 23.9. The normalized spacial score (nSPS) is 11.6. The zero-order chi connectivity index (χ0) is 29.1. The van der Waals surface area contributed by atoms with E-state index in [4.69, 9.17) is 4.42 Å². The van der Waals surface area contributed by atoms with Crippen molar-refractivity contribution in [3.05, 3.63) is 149 Å². The van der Waals surface area contributed by atoms with Gasteiger partial charge in [-0.15, -0.1) is 0 Å². The molecule has 0 fully saturated rings. The highest BCUT2D eigenvalue weighted by molar-refractivity contribution is 6.00. The van der Waals surface area contributed by atoms with Crippen molar-refractivity contribution in [3.8, 4) is 33.4 Å². The maximum Gasteiger partial charge on any atom is 0.263 e. The van der Waals surface area contributed by atoms with Crippen LogP contribution in [-0.2, 0) is 0 Å². The molecule has 5 heterocycles. The van der Waals surface area contributed by atoms with Gasteiger partial charge in [0, 0.05) is 27.7 Å². The van der Waals surface area contributed by atoms with Crippen molar-refractivity contribution in [1.82, 2.24) is 9.38 Å². The summed E-state index contributed by atoms with van der Waals surface area (Å²) < 4.78 is 8.59. The number of rotatable bonds is 3. The van der Waals surface area contributed by atoms with Gasteiger partial charge in [-0.05, 0) is 79.1 Å². The number of aromatic amines is 1. The Labute approximate surface area is 248 Å². The number of benzene rings is 3. The number of nitrogens with zero attached hydrogens (tertiary/aromatic N) is 1. The second-order valence-electron chi connectivity index (χ2n) is 11.2. The summed E-state index contributed by atoms with van der Waals surface area (Å²) >= 11 is 0. The Hall–Kier alpha value is -5.61. The van der Waals surface area contributed by atoms with Gasteiger partial charge in [-0.1, -0.05) is 90.0 Å². The van der Waals surface area contributed by atoms with Crippen molar-refractivity contribution in [2.24, 2.45) is 0 Å². The Morgan fingerprint density at radius 3 is 1.77 bits per heavy atom. The van der Waals surface area contributed by atoms with Gasteiger partial charge in [0.15, 0.2) is 0 Å². The highest BCUT2D eigenvalue weighted by Gasteiger charge is 2.17. The van der Waals surface area contributed by atoms with Gasteiger partial charge in [0.05, 0.1) is 16.4 Å². The first-order valence-electron chi connectivity index (χ1n) is 14.5. The van der Waals surface area contributed by atoms with E-state index < -0.39 is 0 Å². The molecule has 0 aliphatic carbocycles. The second-order valence-corrected chi connectivity index (χ2v) is 11.2. The predicted molar refractivity (Wildman–Crippen MR) is 177 cm³/mol. The molecule has 0 aliphatic rings. The third-order valence-electron chi connectivity index (χ3n) is 8.36. The van der Waals surface area contributed by atoms with Crippen LogP contribution in [0.2, 0.25) is 0 Å². The number of aryl methyl sites for hydroxylation is 2. The quantitative estimate of drug-likeness (QED) is 0.235. The minimum absolute atomic E-state index is 0.0779. The lowest BCUT2D eigenvalue weighted by Gasteiger charge is -2.07. The fraction of sp³-hybridized carbons (Fsp3) is 0.0513. The molecule has 3 aromatic carbocycles. The highest BCUT2D eigenvalue weighted by atomic mass is 16.3. The summed E-state index contributed by atoms with van der Waals surface area (Å²) in [6.45, 7) is 4.17. The second kappa shape index (κ2) is 9.74. The Kier molecular flexibility index (Phi) is 5.69. The summed E-state index contributed by atoms with van der Waals surface area (Å²) in [6, 6.07) is 43.2. The number of fused-ring (bicyclic) bond motifs is 5. The Balaban J connectivity index is 1.65. The van der Waals surface area contributed by atoms with E-state index >= 15 is 0 Å². The number of H-pyrrole nitrogens is 1. The fourth-order valence-corrected chi connectivity index (χ4v) is 6.20. The van der Waals surface area contributed by atoms with E-state index in [9.17, 15) is 4.79 Å². The summed E-state index contributed by atoms with van der Waals surface area (Å²) in [5.74, 6) is 0. The van der Waals surface area contributed by atoms with Crippen molar-refractivity contribution in [1.29, 1.82) is 0 Å². The molecule has 206 valence electrons. The van der Waals surface area contributed by atoms with E-state index in [2.05, 4.69) is 91.6 Å². The number of aromatic nitrogens is 2. The third-order valence-corrected chi connectivity index (χ3v) is 8.36. The molecular formula is C39H28N2O2. The van der Waals surface area contributed by atoms with Gasteiger partial charge in [0.2, 0.25) is 0 Å². The molecule has 0 radical (unpaired) electrons. The Morgan fingerprint density at radius 1 is 0.535 bits per heavy atom. The predicted octanol–water partition coefficient (Wildman–Crippen LogP) is 9.86. The van der Waals surface area contributed by atoms with Gasteiger partial charge in [-0.3, -0.25) is 9.20 Å². The van der Waals surface area contributed by atoms with Gasteiger partial charge >= 0.3 is 0 Å². The molecule has 5 aromatic heterocycles. The van der Waals surface area contributed by atoms with Crippen LogP contribution in [0, 0.1) is 13.8 Å². The Morgan fingerprint density at radius 2 is 1.09 bits per heavy atom. The lowest BCUT2D eigenvalue weighted by atomic mass is 10.0. The topological polar surface area (TPSA) is 50.4 Å². The molecule has 4 nitrogen and oxygen atoms in total. The Bertz CT molecular complexity index is 2410. The first-order valence-corrected chi connectivity index (χ1v) is 14.5. The van der Waals surface area contributed by atoms with Gasteiger partial charge < -0.3 is 9.40 Å². The van der Waals surface area contributed by atoms with Crippen molar-refractivity contribution >= 4 is 38.6 Å². The number of furan rings is 1. The van der Waals surface area contributed by atoms with Gasteiger partial charge in [-0.2, -0.15) is 0 Å². The molecule has 0 atom stereocenters. The summed E-state index contributed by atoms with van der Waals surface area (Å²) in [5.41, 5.74) is 12.8. The molecule has 0 aliphatic heterocycles. The average Bonchev–Trinajstić information content (AvgIpc) is 3.79. The van der Waals surface area contributed by atoms with Crippen molar-refractivity contribution in [3.63, 3.8) is 0 Å². The van der Waals surface area contributed by atoms with Gasteiger partial charge in [0.25, 0.3) is 5.56 Å². The number of nitrogens with one attached hydrogen (secondary N) is 1. The molecule has 1 N–H and O–H groups in total. The van der Waals surface area contributed by atoms with Crippen molar-refractivity contribution in [2.45, 2.75) is 13.8 Å². The molecule has 43 heavy (non-hydrogen) atoms. The van der Waals surface area contributed by atoms with Crippen LogP contribution in [0.3, 0.4) is 0 Å². The minimum atomic E-state index is -0.0779. The largest absolute Gasteiger partial charge is 0.456 e. The van der Waals surface area contributed by atoms with Crippen LogP contribution in [-0.4, -0.2) is 9.38 Å². The molecule has 6 bridgehead atoms. The minimum Gasteiger partial charge on any atom is -0.456 e. The van der Waals surface area contributed by atoms with Crippen molar-refractivity contribution in [2.75, 3.05) is 0 Å². The lowest BCUT2D eigenvalue weighted by Crippen LogP contribution is -2.12. The van der Waals surface area contributed by atoms with E-state index in [0.29, 0.717) is 11.0 Å². The monoisotopic (exact) mass is 556 g/mol. The number of hydrogen-bond donors (Lipinski definition) is 1. The van der Waals surface area contributed by atoms with Gasteiger partial charge in [0.1, 0.15) is 11.2 Å². The SMILES string of the molecule is Cc1ccc(-c2c3ccc([nH]3)c(-c3ccccc3)c3ccc4ccc(c(-c5ccc(C)cc5)c5ccc2o5)n4c3=O)cc1. The summed E-state index contributed by atoms with van der Waals surface area (Å²) in [5, 5.41) is 0.628. The molecule has 0 amide bonds. The lowest BCUT2D eigenvalue weighted by molar-refractivity contribution is 0.668. The summed E-state index contributed by atoms with van der Waals surface area (Å²) in [7, 11) is 0. The smallest absolute Gasteiger partial charge is 0.263 e. The van der Waals surface area contributed by atoms with Crippen LogP contribution in [0.4, 0.5) is 0 Å². The van der Waals surface area contributed by atoms with Crippen LogP contribution >= 0.6 is 0 Å². The van der Waals surface area contributed by atoms with Crippen LogP contribution < -0.4 is 5.56 Å². The fourth-order valence-electron chi connectivity index (χ4n) is 6.20. The number of hydrogen-bond acceptors (Lipinski definition) is 2. The van der Waals surface area contributed by atoms with E-state index in [1.165, 1.54) is 11.1 Å². The molecule has 8 rings (SSSR count). The average molecular weight is 557 g/mol. The first kappa shape index (κ1) is 25.1. The standard InChI is InChI=1S/C39H28N2O2/c1-24-8-12-27(13-9-24)37-32-20-19-31(40-32)36(26-6-4-3-5-7-26)30-18-16-29-17-21-33(41(29)39(30)42)38(35-23-22-34(37)43-35)28-14-10-25(2)11-15-28/h3-23,40H,1-2H3. The van der Waals surface area contributed by atoms with Crippen LogP contribution in [0.1, 0.15) is 11.1 Å². The number of pyridine rings is 1. The molecule has 8 aromatic rings. The van der Waals surface area contributed by atoms with E-state index in [0.717, 1.165) is 61.0 Å². The molecule has 0 spiro atoms. The van der Waals surface area contributed by atoms with Gasteiger partial charge in [-0.25, -0.2) is 0 Å². The van der Waals surface area contributed by atoms with Crippen molar-refractivity contribution < 1.29 is 4.42 Å². The van der Waals surface area contributed by atoms with E-state index in [-0.39, 0.29) is 5.56 Å². The maximum absolute atomic E-state index is 14.6. The molecular weight excluding hydrogens is 528 g/mol. The third kappa shape index (κ3) is 4.11. The van der Waals surface area contributed by atoms with E-state index in [1.807, 2.05) is 59.0 Å². The maximum atomic E-state index is 14.6. The highest BCUT2D eigenvalue weighted by Crippen LogP contribution is 2.37. The molecule has 4 heteroatoms.